The van der Waals surface area contributed by atoms with Gasteiger partial charge in [-0.2, -0.15) is 0 Å². The first-order valence-corrected chi connectivity index (χ1v) is 7.96. The van der Waals surface area contributed by atoms with Crippen LogP contribution in [0.3, 0.4) is 0 Å². The number of benzene rings is 2. The number of phenolic OH excluding ortho intramolecular Hbond substituents is 1. The van der Waals surface area contributed by atoms with Crippen LogP contribution in [0.4, 0.5) is 0 Å². The zero-order valence-electron chi connectivity index (χ0n) is 11.1. The molecule has 0 radical (unpaired) electrons. The Morgan fingerprint density at radius 2 is 2.00 bits per heavy atom. The Labute approximate surface area is 116 Å². The number of phenols is 1. The number of nitrogens with one attached hydrogen (secondary N) is 1. The summed E-state index contributed by atoms with van der Waals surface area (Å²) < 4.78 is 11.3. The largest absolute Gasteiger partial charge is 0.508 e. The maximum absolute atomic E-state index is 11.3. The summed E-state index contributed by atoms with van der Waals surface area (Å²) in [6, 6.07) is 11.6. The van der Waals surface area contributed by atoms with E-state index in [-0.39, 0.29) is 0 Å². The van der Waals surface area contributed by atoms with Crippen LogP contribution in [0.15, 0.2) is 36.4 Å². The molecule has 0 spiro atoms. The highest BCUT2D eigenvalue weighted by Crippen LogP contribution is 2.26. The zero-order valence-corrected chi connectivity index (χ0v) is 11.9. The Morgan fingerprint density at radius 1 is 1.21 bits per heavy atom. The quantitative estimate of drug-likeness (QED) is 0.797. The van der Waals surface area contributed by atoms with Crippen LogP contribution < -0.4 is 5.32 Å². The Bertz CT molecular complexity index is 583. The molecule has 0 aliphatic heterocycles. The molecule has 19 heavy (non-hydrogen) atoms. The summed E-state index contributed by atoms with van der Waals surface area (Å²) in [6.45, 7) is 3.21. The molecule has 0 aliphatic carbocycles. The van der Waals surface area contributed by atoms with Crippen LogP contribution in [-0.4, -0.2) is 27.4 Å². The molecule has 0 amide bonds. The van der Waals surface area contributed by atoms with Crippen LogP contribution in [0.2, 0.25) is 0 Å². The predicted octanol–water partition coefficient (Wildman–Crippen LogP) is 2.40. The van der Waals surface area contributed by atoms with Crippen LogP contribution in [0.5, 0.6) is 5.75 Å². The predicted molar refractivity (Wildman–Crippen MR) is 80.9 cm³/mol. The lowest BCUT2D eigenvalue weighted by atomic mass is 10.0. The molecular weight excluding hydrogens is 258 g/mol. The summed E-state index contributed by atoms with van der Waals surface area (Å²) in [5, 5.41) is 15.4. The molecule has 2 aromatic rings. The Balaban J connectivity index is 2.07. The van der Waals surface area contributed by atoms with Gasteiger partial charge in [0.25, 0.3) is 0 Å². The summed E-state index contributed by atoms with van der Waals surface area (Å²) in [5.74, 6) is 1.66. The Kier molecular flexibility index (Phi) is 4.93. The third kappa shape index (κ3) is 3.55. The van der Waals surface area contributed by atoms with Crippen LogP contribution in [-0.2, 0) is 17.3 Å². The summed E-state index contributed by atoms with van der Waals surface area (Å²) in [4.78, 5) is 0. The molecule has 1 unspecified atom stereocenters. The maximum atomic E-state index is 11.3. The van der Waals surface area contributed by atoms with Gasteiger partial charge in [-0.25, -0.2) is 0 Å². The van der Waals surface area contributed by atoms with Crippen LogP contribution in [0, 0.1) is 0 Å². The van der Waals surface area contributed by atoms with Crippen LogP contribution >= 0.6 is 0 Å². The highest BCUT2D eigenvalue weighted by atomic mass is 32.2. The minimum absolute atomic E-state index is 0.308. The van der Waals surface area contributed by atoms with Crippen molar-refractivity contribution in [3.8, 4) is 5.75 Å². The van der Waals surface area contributed by atoms with E-state index in [1.54, 1.807) is 6.07 Å². The van der Waals surface area contributed by atoms with Gasteiger partial charge in [-0.1, -0.05) is 37.3 Å². The van der Waals surface area contributed by atoms with Crippen LogP contribution in [0.1, 0.15) is 12.5 Å². The molecule has 0 heterocycles. The van der Waals surface area contributed by atoms with Crippen molar-refractivity contribution in [1.82, 2.24) is 5.32 Å². The van der Waals surface area contributed by atoms with Gasteiger partial charge in [0.2, 0.25) is 0 Å². The first-order valence-electron chi connectivity index (χ1n) is 6.47. The molecule has 2 N–H and O–H groups in total. The van der Waals surface area contributed by atoms with E-state index in [0.717, 1.165) is 16.3 Å². The van der Waals surface area contributed by atoms with Gasteiger partial charge < -0.3 is 10.4 Å². The minimum atomic E-state index is -0.742. The first kappa shape index (κ1) is 14.0. The van der Waals surface area contributed by atoms with E-state index in [4.69, 9.17) is 0 Å². The minimum Gasteiger partial charge on any atom is -0.508 e. The van der Waals surface area contributed by atoms with E-state index in [9.17, 15) is 9.32 Å². The normalized spacial score (nSPS) is 12.7. The third-order valence-corrected chi connectivity index (χ3v) is 4.45. The first-order chi connectivity index (χ1) is 9.22. The van der Waals surface area contributed by atoms with Gasteiger partial charge >= 0.3 is 0 Å². The van der Waals surface area contributed by atoms with Crippen molar-refractivity contribution < 1.29 is 9.32 Å². The van der Waals surface area contributed by atoms with Crippen molar-refractivity contribution in [3.63, 3.8) is 0 Å². The van der Waals surface area contributed by atoms with Crippen molar-refractivity contribution in [1.29, 1.82) is 0 Å². The SMILES string of the molecule is CCS(=O)CCNCc1c(O)ccc2ccccc12. The average molecular weight is 277 g/mol. The number of aromatic hydroxyl groups is 1. The number of rotatable bonds is 6. The molecule has 0 aromatic heterocycles. The summed E-state index contributed by atoms with van der Waals surface area (Å²) in [6.07, 6.45) is 0. The summed E-state index contributed by atoms with van der Waals surface area (Å²) in [7, 11) is -0.742. The van der Waals surface area contributed by atoms with E-state index >= 15 is 0 Å². The van der Waals surface area contributed by atoms with E-state index in [1.807, 2.05) is 37.3 Å². The molecule has 102 valence electrons. The second-order valence-electron chi connectivity index (χ2n) is 4.39. The topological polar surface area (TPSA) is 49.3 Å². The van der Waals surface area contributed by atoms with E-state index in [0.29, 0.717) is 30.3 Å². The number of hydrogen-bond acceptors (Lipinski definition) is 3. The van der Waals surface area contributed by atoms with Crippen molar-refractivity contribution >= 4 is 21.6 Å². The van der Waals surface area contributed by atoms with Crippen molar-refractivity contribution in [3.05, 3.63) is 42.0 Å². The number of hydrogen-bond donors (Lipinski definition) is 2. The third-order valence-electron chi connectivity index (χ3n) is 3.15. The average Bonchev–Trinajstić information content (AvgIpc) is 2.45. The molecule has 2 aromatic carbocycles. The summed E-state index contributed by atoms with van der Waals surface area (Å²) in [5.41, 5.74) is 0.903. The van der Waals surface area contributed by atoms with Crippen molar-refractivity contribution in [2.75, 3.05) is 18.1 Å². The van der Waals surface area contributed by atoms with Gasteiger partial charge in [-0.3, -0.25) is 4.21 Å². The van der Waals surface area contributed by atoms with E-state index < -0.39 is 10.8 Å². The van der Waals surface area contributed by atoms with Crippen LogP contribution in [0.25, 0.3) is 10.8 Å². The Hall–Kier alpha value is -1.39. The lowest BCUT2D eigenvalue weighted by Gasteiger charge is -2.10. The fourth-order valence-electron chi connectivity index (χ4n) is 2.05. The molecular formula is C15H19NO2S. The molecule has 0 saturated carbocycles. The second kappa shape index (κ2) is 6.68. The smallest absolute Gasteiger partial charge is 0.120 e. The van der Waals surface area contributed by atoms with Crippen molar-refractivity contribution in [2.45, 2.75) is 13.5 Å². The monoisotopic (exact) mass is 277 g/mol. The molecule has 0 aliphatic rings. The van der Waals surface area contributed by atoms with E-state index in [1.165, 1.54) is 0 Å². The standard InChI is InChI=1S/C15H19NO2S/c1-2-19(18)10-9-16-11-14-13-6-4-3-5-12(13)7-8-15(14)17/h3-8,16-17H,2,9-11H2,1H3. The van der Waals surface area contributed by atoms with Gasteiger partial charge in [0, 0.05) is 41.0 Å². The highest BCUT2D eigenvalue weighted by molar-refractivity contribution is 7.84. The number of fused-ring (bicyclic) bond motifs is 1. The van der Waals surface area contributed by atoms with Crippen molar-refractivity contribution in [2.24, 2.45) is 0 Å². The molecule has 0 fully saturated rings. The van der Waals surface area contributed by atoms with Gasteiger partial charge in [0.15, 0.2) is 0 Å². The molecule has 1 atom stereocenters. The molecule has 0 bridgehead atoms. The molecule has 3 nitrogen and oxygen atoms in total. The fraction of sp³-hybridized carbons (Fsp3) is 0.333. The van der Waals surface area contributed by atoms with Gasteiger partial charge in [-0.15, -0.1) is 0 Å². The van der Waals surface area contributed by atoms with Gasteiger partial charge in [0.05, 0.1) is 0 Å². The maximum Gasteiger partial charge on any atom is 0.120 e. The zero-order chi connectivity index (χ0) is 13.7. The fourth-order valence-corrected chi connectivity index (χ4v) is 2.71. The molecule has 0 saturated heterocycles. The summed E-state index contributed by atoms with van der Waals surface area (Å²) >= 11 is 0. The molecule has 4 heteroatoms. The van der Waals surface area contributed by atoms with Gasteiger partial charge in [-0.05, 0) is 16.8 Å². The lowest BCUT2D eigenvalue weighted by Crippen LogP contribution is -2.20. The highest BCUT2D eigenvalue weighted by Gasteiger charge is 2.06. The van der Waals surface area contributed by atoms with Gasteiger partial charge in [0.1, 0.15) is 5.75 Å². The Morgan fingerprint density at radius 3 is 2.79 bits per heavy atom. The lowest BCUT2D eigenvalue weighted by molar-refractivity contribution is 0.466. The second-order valence-corrected chi connectivity index (χ2v) is 6.26. The van der Waals surface area contributed by atoms with E-state index in [2.05, 4.69) is 5.32 Å². The molecule has 2 rings (SSSR count).